The molecule has 4 rings (SSSR count). The molecule has 10 heteroatoms. The maximum atomic E-state index is 12.7. The number of hydrogen-bond acceptors (Lipinski definition) is 5. The number of rotatable bonds is 5. The number of thioether (sulfide) groups is 1. The minimum Gasteiger partial charge on any atom is -0.354 e. The number of nitrogens with one attached hydrogen (secondary N) is 2. The molecule has 2 heterocycles. The molecule has 2 aromatic carbocycles. The highest BCUT2D eigenvalue weighted by molar-refractivity contribution is 8.18. The number of nitrogens with zero attached hydrogens (tertiary/aromatic N) is 1. The van der Waals surface area contributed by atoms with Crippen molar-refractivity contribution >= 4 is 69.7 Å². The summed E-state index contributed by atoms with van der Waals surface area (Å²) < 4.78 is 0. The van der Waals surface area contributed by atoms with Crippen LogP contribution in [0, 0.1) is 0 Å². The van der Waals surface area contributed by atoms with Gasteiger partial charge in [0.05, 0.1) is 20.9 Å². The molecule has 2 aliphatic heterocycles. The van der Waals surface area contributed by atoms with E-state index in [1.54, 1.807) is 42.5 Å². The van der Waals surface area contributed by atoms with E-state index in [9.17, 15) is 19.2 Å². The minimum absolute atomic E-state index is 0.0115. The molecule has 1 atom stereocenters. The first kappa shape index (κ1) is 22.4. The Hall–Kier alpha value is -2.81. The molecule has 1 fully saturated rings. The van der Waals surface area contributed by atoms with Crippen molar-refractivity contribution in [3.8, 4) is 0 Å². The van der Waals surface area contributed by atoms with Gasteiger partial charge in [0, 0.05) is 25.2 Å². The van der Waals surface area contributed by atoms with Gasteiger partial charge in [0.25, 0.3) is 11.1 Å². The van der Waals surface area contributed by atoms with E-state index in [0.29, 0.717) is 21.3 Å². The highest BCUT2D eigenvalue weighted by Crippen LogP contribution is 2.35. The first-order valence-electron chi connectivity index (χ1n) is 9.71. The summed E-state index contributed by atoms with van der Waals surface area (Å²) in [6.07, 6.45) is 1.56. The maximum absolute atomic E-state index is 12.7. The molecule has 0 radical (unpaired) electrons. The molecule has 4 amide bonds. The number of hydrogen-bond donors (Lipinski definition) is 2. The van der Waals surface area contributed by atoms with E-state index in [2.05, 4.69) is 10.6 Å². The predicted octanol–water partition coefficient (Wildman–Crippen LogP) is 4.27. The van der Waals surface area contributed by atoms with E-state index in [0.717, 1.165) is 22.2 Å². The first-order valence-corrected chi connectivity index (χ1v) is 11.3. The van der Waals surface area contributed by atoms with Crippen LogP contribution in [0.1, 0.15) is 23.5 Å². The second-order valence-corrected chi connectivity index (χ2v) is 8.94. The second kappa shape index (κ2) is 9.36. The lowest BCUT2D eigenvalue weighted by atomic mass is 9.90. The zero-order valence-corrected chi connectivity index (χ0v) is 18.9. The molecule has 1 unspecified atom stereocenters. The van der Waals surface area contributed by atoms with Gasteiger partial charge in [-0.15, -0.1) is 0 Å². The molecule has 7 nitrogen and oxygen atoms in total. The molecular weight excluding hydrogens is 473 g/mol. The Labute approximate surface area is 198 Å². The molecule has 0 spiro atoms. The van der Waals surface area contributed by atoms with E-state index in [1.165, 1.54) is 6.08 Å². The smallest absolute Gasteiger partial charge is 0.293 e. The second-order valence-electron chi connectivity index (χ2n) is 7.16. The summed E-state index contributed by atoms with van der Waals surface area (Å²) >= 11 is 13.0. The average molecular weight is 490 g/mol. The van der Waals surface area contributed by atoms with Crippen LogP contribution in [0.15, 0.2) is 47.4 Å². The van der Waals surface area contributed by atoms with E-state index >= 15 is 0 Å². The molecule has 2 aromatic rings. The maximum Gasteiger partial charge on any atom is 0.293 e. The van der Waals surface area contributed by atoms with Crippen molar-refractivity contribution in [1.82, 2.24) is 10.2 Å². The topological polar surface area (TPSA) is 95.6 Å². The fraction of sp³-hybridized carbons (Fsp3) is 0.182. The van der Waals surface area contributed by atoms with Crippen molar-refractivity contribution < 1.29 is 19.2 Å². The van der Waals surface area contributed by atoms with Gasteiger partial charge in [-0.05, 0) is 41.1 Å². The van der Waals surface area contributed by atoms with E-state index in [4.69, 9.17) is 23.2 Å². The Morgan fingerprint density at radius 1 is 1.16 bits per heavy atom. The predicted molar refractivity (Wildman–Crippen MR) is 125 cm³/mol. The molecule has 0 aliphatic carbocycles. The normalized spacial score (nSPS) is 19.2. The van der Waals surface area contributed by atoms with Crippen molar-refractivity contribution in [2.45, 2.75) is 12.3 Å². The van der Waals surface area contributed by atoms with E-state index in [1.807, 2.05) is 0 Å². The van der Waals surface area contributed by atoms with Gasteiger partial charge >= 0.3 is 0 Å². The third-order valence-electron chi connectivity index (χ3n) is 5.09. The number of halogens is 2. The number of carbonyl (C=O) groups is 4. The van der Waals surface area contributed by atoms with Crippen LogP contribution < -0.4 is 10.6 Å². The summed E-state index contributed by atoms with van der Waals surface area (Å²) in [7, 11) is 0. The lowest BCUT2D eigenvalue weighted by Crippen LogP contribution is -2.40. The summed E-state index contributed by atoms with van der Waals surface area (Å²) in [4.78, 5) is 50.9. The SMILES string of the molecule is O=C1CC(C(=O)NCCN2C(=O)S/C(=C\c3cccc(Cl)c3Cl)C2=O)c2ccccc2N1. The first-order chi connectivity index (χ1) is 15.3. The number of carbonyl (C=O) groups excluding carboxylic acids is 4. The third kappa shape index (κ3) is 4.53. The van der Waals surface area contributed by atoms with Gasteiger partial charge in [0.1, 0.15) is 0 Å². The summed E-state index contributed by atoms with van der Waals surface area (Å²) in [6.45, 7) is 0.0833. The monoisotopic (exact) mass is 489 g/mol. The van der Waals surface area contributed by atoms with Gasteiger partial charge < -0.3 is 10.6 Å². The molecule has 0 aromatic heterocycles. The third-order valence-corrected chi connectivity index (χ3v) is 6.83. The van der Waals surface area contributed by atoms with Crippen LogP contribution >= 0.6 is 35.0 Å². The van der Waals surface area contributed by atoms with Crippen LogP contribution in [0.4, 0.5) is 10.5 Å². The zero-order valence-electron chi connectivity index (χ0n) is 16.6. The van der Waals surface area contributed by atoms with Crippen LogP contribution in [-0.4, -0.2) is 41.0 Å². The Bertz CT molecular complexity index is 1170. The van der Waals surface area contributed by atoms with Crippen LogP contribution in [-0.2, 0) is 14.4 Å². The van der Waals surface area contributed by atoms with Crippen molar-refractivity contribution in [3.05, 3.63) is 68.5 Å². The number of imide groups is 1. The van der Waals surface area contributed by atoms with Gasteiger partial charge in [-0.2, -0.15) is 0 Å². The van der Waals surface area contributed by atoms with Gasteiger partial charge in [-0.3, -0.25) is 24.1 Å². The van der Waals surface area contributed by atoms with Gasteiger partial charge in [0.15, 0.2) is 0 Å². The lowest BCUT2D eigenvalue weighted by Gasteiger charge is -2.25. The molecule has 0 saturated carbocycles. The number of fused-ring (bicyclic) bond motifs is 1. The van der Waals surface area contributed by atoms with Crippen molar-refractivity contribution in [2.24, 2.45) is 0 Å². The highest BCUT2D eigenvalue weighted by atomic mass is 35.5. The van der Waals surface area contributed by atoms with Crippen LogP contribution in [0.5, 0.6) is 0 Å². The van der Waals surface area contributed by atoms with Gasteiger partial charge in [-0.25, -0.2) is 0 Å². The van der Waals surface area contributed by atoms with Gasteiger partial charge in [-0.1, -0.05) is 53.5 Å². The van der Waals surface area contributed by atoms with Gasteiger partial charge in [0.2, 0.25) is 11.8 Å². The molecular formula is C22H17Cl2N3O4S. The average Bonchev–Trinajstić information content (AvgIpc) is 3.03. The van der Waals surface area contributed by atoms with Crippen LogP contribution in [0.2, 0.25) is 10.0 Å². The zero-order chi connectivity index (χ0) is 22.8. The van der Waals surface area contributed by atoms with E-state index < -0.39 is 17.1 Å². The summed E-state index contributed by atoms with van der Waals surface area (Å²) in [5.74, 6) is -1.66. The van der Waals surface area contributed by atoms with Crippen LogP contribution in [0.25, 0.3) is 6.08 Å². The minimum atomic E-state index is -0.625. The Kier molecular flexibility index (Phi) is 6.55. The molecule has 2 aliphatic rings. The number of para-hydroxylation sites is 1. The van der Waals surface area contributed by atoms with Crippen molar-refractivity contribution in [1.29, 1.82) is 0 Å². The number of amides is 4. The molecule has 2 N–H and O–H groups in total. The summed E-state index contributed by atoms with van der Waals surface area (Å²) in [5, 5.41) is 5.69. The Morgan fingerprint density at radius 2 is 1.94 bits per heavy atom. The fourth-order valence-electron chi connectivity index (χ4n) is 3.53. The Balaban J connectivity index is 1.39. The van der Waals surface area contributed by atoms with Crippen LogP contribution in [0.3, 0.4) is 0 Å². The van der Waals surface area contributed by atoms with E-state index in [-0.39, 0.29) is 36.2 Å². The lowest BCUT2D eigenvalue weighted by molar-refractivity contribution is -0.126. The van der Waals surface area contributed by atoms with Crippen molar-refractivity contribution in [3.63, 3.8) is 0 Å². The summed E-state index contributed by atoms with van der Waals surface area (Å²) in [5.41, 5.74) is 1.88. The number of anilines is 1. The quantitative estimate of drug-likeness (QED) is 0.611. The largest absolute Gasteiger partial charge is 0.354 e. The molecule has 0 bridgehead atoms. The molecule has 164 valence electrons. The fourth-order valence-corrected chi connectivity index (χ4v) is 4.74. The highest BCUT2D eigenvalue weighted by Gasteiger charge is 2.35. The Morgan fingerprint density at radius 3 is 2.75 bits per heavy atom. The standard InChI is InChI=1S/C22H17Cl2N3O4S/c23-15-6-3-4-12(19(15)24)10-17-21(30)27(22(31)32-17)9-8-25-20(29)14-11-18(28)26-16-7-2-1-5-13(14)16/h1-7,10,14H,8-9,11H2,(H,25,29)(H,26,28)/b17-10-. The number of benzene rings is 2. The summed E-state index contributed by atoms with van der Waals surface area (Å²) in [6, 6.07) is 12.1. The molecule has 32 heavy (non-hydrogen) atoms. The molecule has 1 saturated heterocycles. The van der Waals surface area contributed by atoms with Crippen molar-refractivity contribution in [2.75, 3.05) is 18.4 Å².